The zero-order chi connectivity index (χ0) is 14.1. The second-order valence-corrected chi connectivity index (χ2v) is 10.2. The van der Waals surface area contributed by atoms with Crippen LogP contribution in [0.4, 0.5) is 0 Å². The number of aldehydes is 1. The summed E-state index contributed by atoms with van der Waals surface area (Å²) in [6, 6.07) is 7.99. The summed E-state index contributed by atoms with van der Waals surface area (Å²) in [6.45, 7) is 6.69. The highest BCUT2D eigenvalue weighted by Crippen LogP contribution is 2.07. The number of unbranched alkanes of at least 4 members (excludes halogenated alkanes) is 2. The second-order valence-electron chi connectivity index (χ2n) is 5.41. The molecule has 0 aromatic heterocycles. The van der Waals surface area contributed by atoms with Gasteiger partial charge in [-0.3, -0.25) is 0 Å². The molecule has 1 aromatic rings. The van der Waals surface area contributed by atoms with Crippen molar-refractivity contribution >= 4 is 14.4 Å². The fourth-order valence-corrected chi connectivity index (χ4v) is 1.90. The Hall–Kier alpha value is -1.77. The SMILES string of the molecule is C[Si](C)(C)C#Cc1ccccc1C#CCCCC=O. The van der Waals surface area contributed by atoms with Gasteiger partial charge < -0.3 is 4.79 Å². The molecule has 0 N–H and O–H groups in total. The van der Waals surface area contributed by atoms with Gasteiger partial charge >= 0.3 is 0 Å². The molecule has 0 saturated heterocycles. The molecule has 0 amide bonds. The van der Waals surface area contributed by atoms with Crippen molar-refractivity contribution in [2.24, 2.45) is 0 Å². The number of benzene rings is 1. The third kappa shape index (κ3) is 6.65. The molecule has 0 saturated carbocycles. The first-order valence-electron chi connectivity index (χ1n) is 6.57. The number of hydrogen-bond acceptors (Lipinski definition) is 1. The van der Waals surface area contributed by atoms with Gasteiger partial charge in [0.1, 0.15) is 14.4 Å². The third-order valence-electron chi connectivity index (χ3n) is 2.35. The van der Waals surface area contributed by atoms with Crippen molar-refractivity contribution in [1.29, 1.82) is 0 Å². The Morgan fingerprint density at radius 2 is 1.74 bits per heavy atom. The molecule has 1 aromatic carbocycles. The Bertz CT molecular complexity index is 544. The maximum Gasteiger partial charge on any atom is 0.129 e. The molecule has 0 aliphatic heterocycles. The molecule has 0 fully saturated rings. The summed E-state index contributed by atoms with van der Waals surface area (Å²) in [5.41, 5.74) is 5.36. The van der Waals surface area contributed by atoms with Crippen LogP contribution in [-0.2, 0) is 4.79 Å². The van der Waals surface area contributed by atoms with E-state index in [1.807, 2.05) is 24.3 Å². The number of carbonyl (C=O) groups is 1. The van der Waals surface area contributed by atoms with E-state index in [1.54, 1.807) is 0 Å². The van der Waals surface area contributed by atoms with E-state index in [4.69, 9.17) is 0 Å². The lowest BCUT2D eigenvalue weighted by Gasteiger charge is -2.03. The van der Waals surface area contributed by atoms with Crippen molar-refractivity contribution in [3.8, 4) is 23.3 Å². The van der Waals surface area contributed by atoms with Crippen molar-refractivity contribution in [3.63, 3.8) is 0 Å². The fourth-order valence-electron chi connectivity index (χ4n) is 1.39. The summed E-state index contributed by atoms with van der Waals surface area (Å²) in [6.07, 6.45) is 3.12. The Morgan fingerprint density at radius 3 is 2.32 bits per heavy atom. The number of rotatable bonds is 3. The van der Waals surface area contributed by atoms with Crippen molar-refractivity contribution in [2.75, 3.05) is 0 Å². The van der Waals surface area contributed by atoms with Gasteiger partial charge in [0.25, 0.3) is 0 Å². The van der Waals surface area contributed by atoms with E-state index in [-0.39, 0.29) is 0 Å². The first-order chi connectivity index (χ1) is 9.03. The predicted octanol–water partition coefficient (Wildman–Crippen LogP) is 3.64. The van der Waals surface area contributed by atoms with Crippen molar-refractivity contribution in [3.05, 3.63) is 35.4 Å². The highest BCUT2D eigenvalue weighted by Gasteiger charge is 2.07. The molecule has 0 atom stereocenters. The molecule has 0 bridgehead atoms. The minimum absolute atomic E-state index is 0.589. The largest absolute Gasteiger partial charge is 0.303 e. The Labute approximate surface area is 117 Å². The fraction of sp³-hybridized carbons (Fsp3) is 0.353. The van der Waals surface area contributed by atoms with E-state index in [2.05, 4.69) is 42.9 Å². The normalized spacial score (nSPS) is 9.84. The van der Waals surface area contributed by atoms with Crippen LogP contribution in [0.3, 0.4) is 0 Å². The van der Waals surface area contributed by atoms with Gasteiger partial charge in [-0.25, -0.2) is 0 Å². The average Bonchev–Trinajstić information content (AvgIpc) is 2.36. The third-order valence-corrected chi connectivity index (χ3v) is 3.22. The molecule has 0 radical (unpaired) electrons. The highest BCUT2D eigenvalue weighted by atomic mass is 28.3. The monoisotopic (exact) mass is 268 g/mol. The summed E-state index contributed by atoms with van der Waals surface area (Å²) in [5.74, 6) is 9.52. The lowest BCUT2D eigenvalue weighted by atomic mass is 10.1. The van der Waals surface area contributed by atoms with Crippen molar-refractivity contribution < 1.29 is 4.79 Å². The molecule has 1 rings (SSSR count). The molecular weight excluding hydrogens is 248 g/mol. The maximum absolute atomic E-state index is 10.2. The van der Waals surface area contributed by atoms with Crippen molar-refractivity contribution in [2.45, 2.75) is 38.9 Å². The minimum atomic E-state index is -1.36. The van der Waals surface area contributed by atoms with Crippen LogP contribution in [-0.4, -0.2) is 14.4 Å². The van der Waals surface area contributed by atoms with Gasteiger partial charge in [0.15, 0.2) is 0 Å². The standard InChI is InChI=1S/C17H20OSi/c1-19(2,3)15-13-17-12-8-7-11-16(17)10-6-4-5-9-14-18/h7-8,11-12,14H,4-5,9H2,1-3H3. The van der Waals surface area contributed by atoms with E-state index < -0.39 is 8.07 Å². The Kier molecular flexibility index (Phi) is 6.13. The molecule has 0 aliphatic rings. The average molecular weight is 268 g/mol. The van der Waals surface area contributed by atoms with Crippen LogP contribution < -0.4 is 0 Å². The number of hydrogen-bond donors (Lipinski definition) is 0. The van der Waals surface area contributed by atoms with Crippen LogP contribution >= 0.6 is 0 Å². The summed E-state index contributed by atoms with van der Waals surface area (Å²) >= 11 is 0. The topological polar surface area (TPSA) is 17.1 Å². The molecule has 98 valence electrons. The van der Waals surface area contributed by atoms with Gasteiger partial charge in [-0.2, -0.15) is 0 Å². The maximum atomic E-state index is 10.2. The predicted molar refractivity (Wildman–Crippen MR) is 83.5 cm³/mol. The molecule has 0 spiro atoms. The van der Waals surface area contributed by atoms with E-state index in [0.29, 0.717) is 6.42 Å². The van der Waals surface area contributed by atoms with Crippen LogP contribution in [0, 0.1) is 23.3 Å². The van der Waals surface area contributed by atoms with E-state index in [9.17, 15) is 4.79 Å². The minimum Gasteiger partial charge on any atom is -0.303 e. The highest BCUT2D eigenvalue weighted by molar-refractivity contribution is 6.83. The van der Waals surface area contributed by atoms with Crippen LogP contribution in [0.15, 0.2) is 24.3 Å². The summed E-state index contributed by atoms with van der Waals surface area (Å²) in [7, 11) is -1.36. The van der Waals surface area contributed by atoms with Crippen LogP contribution in [0.2, 0.25) is 19.6 Å². The van der Waals surface area contributed by atoms with Crippen LogP contribution in [0.1, 0.15) is 30.4 Å². The summed E-state index contributed by atoms with van der Waals surface area (Å²) in [4.78, 5) is 10.2. The molecule has 2 heteroatoms. The summed E-state index contributed by atoms with van der Waals surface area (Å²) < 4.78 is 0. The second kappa shape index (κ2) is 7.62. The van der Waals surface area contributed by atoms with Gasteiger partial charge in [-0.15, -0.1) is 5.54 Å². The Morgan fingerprint density at radius 1 is 1.11 bits per heavy atom. The van der Waals surface area contributed by atoms with E-state index >= 15 is 0 Å². The lowest BCUT2D eigenvalue weighted by molar-refractivity contribution is -0.107. The van der Waals surface area contributed by atoms with E-state index in [1.165, 1.54) is 0 Å². The zero-order valence-electron chi connectivity index (χ0n) is 11.9. The van der Waals surface area contributed by atoms with Gasteiger partial charge in [0, 0.05) is 24.0 Å². The van der Waals surface area contributed by atoms with Gasteiger partial charge in [-0.05, 0) is 18.6 Å². The lowest BCUT2D eigenvalue weighted by Crippen LogP contribution is -2.16. The van der Waals surface area contributed by atoms with Gasteiger partial charge in [-0.1, -0.05) is 49.5 Å². The zero-order valence-corrected chi connectivity index (χ0v) is 12.9. The first-order valence-corrected chi connectivity index (χ1v) is 10.1. The van der Waals surface area contributed by atoms with Crippen LogP contribution in [0.5, 0.6) is 0 Å². The quantitative estimate of drug-likeness (QED) is 0.354. The van der Waals surface area contributed by atoms with Crippen LogP contribution in [0.25, 0.3) is 0 Å². The Balaban J connectivity index is 2.83. The molecule has 19 heavy (non-hydrogen) atoms. The molecular formula is C17H20OSi. The van der Waals surface area contributed by atoms with E-state index in [0.717, 1.165) is 30.3 Å². The molecule has 1 nitrogen and oxygen atoms in total. The molecule has 0 aliphatic carbocycles. The smallest absolute Gasteiger partial charge is 0.129 e. The van der Waals surface area contributed by atoms with Gasteiger partial charge in [0.05, 0.1) is 0 Å². The first kappa shape index (κ1) is 15.3. The van der Waals surface area contributed by atoms with Gasteiger partial charge in [0.2, 0.25) is 0 Å². The molecule has 0 unspecified atom stereocenters. The molecule has 0 heterocycles. The summed E-state index contributed by atoms with van der Waals surface area (Å²) in [5, 5.41) is 0. The number of carbonyl (C=O) groups excluding carboxylic acids is 1. The van der Waals surface area contributed by atoms with Crippen molar-refractivity contribution in [1.82, 2.24) is 0 Å².